The van der Waals surface area contributed by atoms with Crippen molar-refractivity contribution in [3.8, 4) is 0 Å². The van der Waals surface area contributed by atoms with Crippen molar-refractivity contribution in [3.63, 3.8) is 0 Å². The molecule has 0 saturated carbocycles. The molecule has 0 bridgehead atoms. The van der Waals surface area contributed by atoms with Gasteiger partial charge in [-0.2, -0.15) is 0 Å². The minimum absolute atomic E-state index is 0.371. The average molecular weight is 276 g/mol. The van der Waals surface area contributed by atoms with E-state index in [1.54, 1.807) is 24.3 Å². The number of fused-ring (bicyclic) bond motifs is 1. The van der Waals surface area contributed by atoms with E-state index in [1.807, 2.05) is 6.07 Å². The van der Waals surface area contributed by atoms with Crippen LogP contribution in [0.25, 0.3) is 10.9 Å². The molecule has 0 aliphatic carbocycles. The molecule has 0 aliphatic heterocycles. The van der Waals surface area contributed by atoms with Crippen molar-refractivity contribution in [1.29, 1.82) is 0 Å². The Morgan fingerprint density at radius 2 is 1.75 bits per heavy atom. The fourth-order valence-corrected chi connectivity index (χ4v) is 1.87. The van der Waals surface area contributed by atoms with Gasteiger partial charge in [0, 0.05) is 11.6 Å². The Hall–Kier alpha value is -2.02. The summed E-state index contributed by atoms with van der Waals surface area (Å²) < 4.78 is 0. The number of aliphatic hydroxyl groups is 3. The van der Waals surface area contributed by atoms with Crippen LogP contribution in [-0.2, 0) is 0 Å². The van der Waals surface area contributed by atoms with Crippen LogP contribution in [0.2, 0.25) is 0 Å². The van der Waals surface area contributed by atoms with Gasteiger partial charge in [-0.25, -0.2) is 0 Å². The second-order valence-electron chi connectivity index (χ2n) is 4.58. The Kier molecular flexibility index (Phi) is 4.29. The lowest BCUT2D eigenvalue weighted by Crippen LogP contribution is -2.57. The molecule has 2 aromatic rings. The van der Waals surface area contributed by atoms with Crippen LogP contribution < -0.4 is 5.32 Å². The third-order valence-electron chi connectivity index (χ3n) is 3.18. The van der Waals surface area contributed by atoms with Crippen LogP contribution in [0, 0.1) is 0 Å². The molecule has 0 aliphatic rings. The molecular weight excluding hydrogens is 260 g/mol. The van der Waals surface area contributed by atoms with E-state index in [0.717, 1.165) is 0 Å². The lowest BCUT2D eigenvalue weighted by Gasteiger charge is -2.28. The normalized spacial score (nSPS) is 11.6. The second-order valence-corrected chi connectivity index (χ2v) is 4.58. The van der Waals surface area contributed by atoms with Gasteiger partial charge < -0.3 is 20.6 Å². The number of nitrogens with zero attached hydrogens (tertiary/aromatic N) is 1. The topological polar surface area (TPSA) is 103 Å². The molecule has 1 heterocycles. The highest BCUT2D eigenvalue weighted by molar-refractivity contribution is 6.06. The summed E-state index contributed by atoms with van der Waals surface area (Å²) in [5.41, 5.74) is -0.403. The highest BCUT2D eigenvalue weighted by Crippen LogP contribution is 2.17. The molecule has 1 amide bonds. The van der Waals surface area contributed by atoms with Crippen LogP contribution in [-0.4, -0.2) is 51.6 Å². The van der Waals surface area contributed by atoms with Crippen LogP contribution >= 0.6 is 0 Å². The van der Waals surface area contributed by atoms with Crippen molar-refractivity contribution in [2.75, 3.05) is 19.8 Å². The third kappa shape index (κ3) is 2.62. The van der Waals surface area contributed by atoms with Gasteiger partial charge in [-0.15, -0.1) is 0 Å². The fourth-order valence-electron chi connectivity index (χ4n) is 1.87. The Balaban J connectivity index is 2.37. The summed E-state index contributed by atoms with van der Waals surface area (Å²) >= 11 is 0. The number of carbonyl (C=O) groups excluding carboxylic acids is 1. The van der Waals surface area contributed by atoms with Gasteiger partial charge in [0.05, 0.1) is 30.9 Å². The molecule has 0 atom stereocenters. The Morgan fingerprint density at radius 1 is 1.10 bits per heavy atom. The quantitative estimate of drug-likeness (QED) is 0.599. The molecule has 0 unspecified atom stereocenters. The molecule has 2 rings (SSSR count). The summed E-state index contributed by atoms with van der Waals surface area (Å²) in [6.45, 7) is -1.68. The average Bonchev–Trinajstić information content (AvgIpc) is 2.52. The van der Waals surface area contributed by atoms with Crippen molar-refractivity contribution in [1.82, 2.24) is 10.3 Å². The number of rotatable bonds is 5. The molecule has 6 nitrogen and oxygen atoms in total. The van der Waals surface area contributed by atoms with Crippen molar-refractivity contribution in [2.45, 2.75) is 5.54 Å². The van der Waals surface area contributed by atoms with E-state index in [0.29, 0.717) is 16.5 Å². The maximum atomic E-state index is 12.3. The minimum Gasteiger partial charge on any atom is -0.394 e. The number of nitrogens with one attached hydrogen (secondary N) is 1. The van der Waals surface area contributed by atoms with Crippen molar-refractivity contribution >= 4 is 16.8 Å². The largest absolute Gasteiger partial charge is 0.394 e. The van der Waals surface area contributed by atoms with Gasteiger partial charge in [-0.3, -0.25) is 9.78 Å². The Morgan fingerprint density at radius 3 is 2.40 bits per heavy atom. The number of carbonyl (C=O) groups is 1. The molecule has 1 aromatic heterocycles. The van der Waals surface area contributed by atoms with E-state index in [1.165, 1.54) is 6.20 Å². The number of hydrogen-bond acceptors (Lipinski definition) is 5. The molecule has 1 aromatic carbocycles. The summed E-state index contributed by atoms with van der Waals surface area (Å²) in [7, 11) is 0. The molecule has 0 fully saturated rings. The summed E-state index contributed by atoms with van der Waals surface area (Å²) in [5.74, 6) is -0.485. The van der Waals surface area contributed by atoms with Crippen LogP contribution in [0.5, 0.6) is 0 Å². The molecule has 0 saturated heterocycles. The van der Waals surface area contributed by atoms with Gasteiger partial charge >= 0.3 is 0 Å². The Bertz CT molecular complexity index is 597. The SMILES string of the molecule is O=C(NC(CO)(CO)CO)c1ccnc2ccccc12. The first kappa shape index (κ1) is 14.4. The lowest BCUT2D eigenvalue weighted by molar-refractivity contribution is 0.0376. The number of pyridine rings is 1. The van der Waals surface area contributed by atoms with Crippen LogP contribution in [0.3, 0.4) is 0 Å². The van der Waals surface area contributed by atoms with E-state index >= 15 is 0 Å². The van der Waals surface area contributed by atoms with Crippen molar-refractivity contribution in [3.05, 3.63) is 42.1 Å². The molecule has 106 valence electrons. The van der Waals surface area contributed by atoms with Crippen LogP contribution in [0.15, 0.2) is 36.5 Å². The summed E-state index contributed by atoms with van der Waals surface area (Å²) in [4.78, 5) is 16.4. The van der Waals surface area contributed by atoms with Crippen molar-refractivity contribution < 1.29 is 20.1 Å². The number of aliphatic hydroxyl groups excluding tert-OH is 3. The zero-order chi connectivity index (χ0) is 14.6. The lowest BCUT2D eigenvalue weighted by atomic mass is 10.0. The first-order valence-corrected chi connectivity index (χ1v) is 6.14. The van der Waals surface area contributed by atoms with Gasteiger partial charge in [-0.1, -0.05) is 18.2 Å². The molecular formula is C14H16N2O4. The predicted molar refractivity (Wildman–Crippen MR) is 73.2 cm³/mol. The maximum absolute atomic E-state index is 12.3. The molecule has 0 radical (unpaired) electrons. The van der Waals surface area contributed by atoms with Gasteiger partial charge in [-0.05, 0) is 12.1 Å². The number of benzene rings is 1. The van der Waals surface area contributed by atoms with E-state index in [2.05, 4.69) is 10.3 Å². The minimum atomic E-state index is -1.44. The number of amides is 1. The summed E-state index contributed by atoms with van der Waals surface area (Å²) in [6, 6.07) is 8.70. The fraction of sp³-hybridized carbons (Fsp3) is 0.286. The molecule has 0 spiro atoms. The monoisotopic (exact) mass is 276 g/mol. The van der Waals surface area contributed by atoms with E-state index < -0.39 is 31.3 Å². The summed E-state index contributed by atoms with van der Waals surface area (Å²) in [6.07, 6.45) is 1.51. The predicted octanol–water partition coefficient (Wildman–Crippen LogP) is -0.320. The van der Waals surface area contributed by atoms with Crippen LogP contribution in [0.4, 0.5) is 0 Å². The van der Waals surface area contributed by atoms with E-state index in [9.17, 15) is 20.1 Å². The Labute approximate surface area is 115 Å². The highest BCUT2D eigenvalue weighted by atomic mass is 16.3. The maximum Gasteiger partial charge on any atom is 0.252 e. The van der Waals surface area contributed by atoms with E-state index in [4.69, 9.17) is 0 Å². The zero-order valence-corrected chi connectivity index (χ0v) is 10.8. The third-order valence-corrected chi connectivity index (χ3v) is 3.18. The number of hydrogen-bond donors (Lipinski definition) is 4. The highest BCUT2D eigenvalue weighted by Gasteiger charge is 2.30. The standard InChI is InChI=1S/C14H16N2O4/c17-7-14(8-18,9-19)16-13(20)11-5-6-15-12-4-2-1-3-10(11)12/h1-6,17-19H,7-9H2,(H,16,20). The van der Waals surface area contributed by atoms with E-state index in [-0.39, 0.29) is 0 Å². The summed E-state index contributed by atoms with van der Waals surface area (Å²) in [5, 5.41) is 30.8. The second kappa shape index (κ2) is 5.96. The smallest absolute Gasteiger partial charge is 0.252 e. The van der Waals surface area contributed by atoms with Crippen molar-refractivity contribution in [2.24, 2.45) is 0 Å². The first-order valence-electron chi connectivity index (χ1n) is 6.14. The van der Waals surface area contributed by atoms with Gasteiger partial charge in [0.1, 0.15) is 5.54 Å². The van der Waals surface area contributed by atoms with Gasteiger partial charge in [0.15, 0.2) is 0 Å². The van der Waals surface area contributed by atoms with Gasteiger partial charge in [0.2, 0.25) is 0 Å². The van der Waals surface area contributed by atoms with Gasteiger partial charge in [0.25, 0.3) is 5.91 Å². The molecule has 6 heteroatoms. The molecule has 4 N–H and O–H groups in total. The number of aromatic nitrogens is 1. The molecule has 20 heavy (non-hydrogen) atoms. The van der Waals surface area contributed by atoms with Crippen LogP contribution in [0.1, 0.15) is 10.4 Å². The first-order chi connectivity index (χ1) is 9.65. The zero-order valence-electron chi connectivity index (χ0n) is 10.8. The number of para-hydroxylation sites is 1.